The summed E-state index contributed by atoms with van der Waals surface area (Å²) in [6.45, 7) is 2.14. The summed E-state index contributed by atoms with van der Waals surface area (Å²) in [5, 5.41) is 3.70. The van der Waals surface area contributed by atoms with Gasteiger partial charge in [0.15, 0.2) is 0 Å². The third-order valence-electron chi connectivity index (χ3n) is 2.99. The van der Waals surface area contributed by atoms with Crippen molar-refractivity contribution < 1.29 is 9.53 Å². The van der Waals surface area contributed by atoms with Crippen LogP contribution in [-0.2, 0) is 6.42 Å². The molecule has 0 radical (unpaired) electrons. The largest absolute Gasteiger partial charge is 0.457 e. The van der Waals surface area contributed by atoms with Crippen molar-refractivity contribution in [1.82, 2.24) is 5.43 Å². The highest BCUT2D eigenvalue weighted by molar-refractivity contribution is 5.81. The first-order valence-electron chi connectivity index (χ1n) is 7.13. The van der Waals surface area contributed by atoms with E-state index in [9.17, 15) is 4.79 Å². The van der Waals surface area contributed by atoms with E-state index in [0.29, 0.717) is 0 Å². The van der Waals surface area contributed by atoms with Crippen molar-refractivity contribution in [2.75, 3.05) is 0 Å². The molecule has 5 heteroatoms. The first kappa shape index (κ1) is 15.6. The molecule has 0 spiro atoms. The van der Waals surface area contributed by atoms with Crippen LogP contribution in [0.2, 0.25) is 0 Å². The molecule has 0 aliphatic carbocycles. The van der Waals surface area contributed by atoms with Crippen molar-refractivity contribution in [2.24, 2.45) is 10.8 Å². The van der Waals surface area contributed by atoms with Gasteiger partial charge in [-0.05, 0) is 47.9 Å². The van der Waals surface area contributed by atoms with Gasteiger partial charge in [-0.25, -0.2) is 10.2 Å². The maximum absolute atomic E-state index is 10.5. The monoisotopic (exact) mass is 297 g/mol. The smallest absolute Gasteiger partial charge is 0.332 e. The van der Waals surface area contributed by atoms with E-state index < -0.39 is 6.03 Å². The summed E-state index contributed by atoms with van der Waals surface area (Å²) < 4.78 is 5.93. The van der Waals surface area contributed by atoms with Gasteiger partial charge in [-0.15, -0.1) is 0 Å². The van der Waals surface area contributed by atoms with E-state index >= 15 is 0 Å². The van der Waals surface area contributed by atoms with Gasteiger partial charge in [0.25, 0.3) is 0 Å². The maximum Gasteiger partial charge on any atom is 0.332 e. The lowest BCUT2D eigenvalue weighted by atomic mass is 10.1. The van der Waals surface area contributed by atoms with E-state index in [1.165, 1.54) is 11.8 Å². The molecule has 2 amide bonds. The minimum atomic E-state index is -0.691. The number of nitrogens with one attached hydrogen (secondary N) is 1. The van der Waals surface area contributed by atoms with Crippen LogP contribution < -0.4 is 15.9 Å². The van der Waals surface area contributed by atoms with Gasteiger partial charge in [-0.2, -0.15) is 5.10 Å². The zero-order valence-corrected chi connectivity index (χ0v) is 12.5. The quantitative estimate of drug-likeness (QED) is 0.633. The zero-order chi connectivity index (χ0) is 15.8. The van der Waals surface area contributed by atoms with E-state index in [1.807, 2.05) is 42.5 Å². The predicted molar refractivity (Wildman–Crippen MR) is 87.3 cm³/mol. The van der Waals surface area contributed by atoms with Gasteiger partial charge >= 0.3 is 6.03 Å². The molecule has 0 heterocycles. The van der Waals surface area contributed by atoms with E-state index in [4.69, 9.17) is 10.5 Å². The molecule has 0 bridgehead atoms. The molecular formula is C17H19N3O2. The summed E-state index contributed by atoms with van der Waals surface area (Å²) in [5.74, 6) is 1.63. The summed E-state index contributed by atoms with van der Waals surface area (Å²) in [4.78, 5) is 10.5. The molecule has 3 N–H and O–H groups in total. The molecule has 0 saturated heterocycles. The number of amides is 2. The third-order valence-corrected chi connectivity index (χ3v) is 2.99. The Kier molecular flexibility index (Phi) is 5.54. The van der Waals surface area contributed by atoms with Crippen molar-refractivity contribution in [3.8, 4) is 11.5 Å². The number of benzene rings is 2. The SMILES string of the molecule is CCCc1ccccc1Oc1ccc(/C=N/NC(N)=O)cc1. The Bertz CT molecular complexity index is 651. The molecule has 22 heavy (non-hydrogen) atoms. The van der Waals surface area contributed by atoms with Crippen LogP contribution in [0, 0.1) is 0 Å². The molecule has 2 aromatic rings. The summed E-state index contributed by atoms with van der Waals surface area (Å²) in [7, 11) is 0. The average Bonchev–Trinajstić information content (AvgIpc) is 2.51. The van der Waals surface area contributed by atoms with Gasteiger partial charge in [-0.1, -0.05) is 31.5 Å². The standard InChI is InChI=1S/C17H19N3O2/c1-2-5-14-6-3-4-7-16(14)22-15-10-8-13(9-11-15)12-19-20-17(18)21/h3-4,6-12H,2,5H2,1H3,(H3,18,20,21)/b19-12+. The number of carbonyl (C=O) groups is 1. The van der Waals surface area contributed by atoms with Crippen LogP contribution in [0.3, 0.4) is 0 Å². The summed E-state index contributed by atoms with van der Waals surface area (Å²) >= 11 is 0. The number of para-hydroxylation sites is 1. The van der Waals surface area contributed by atoms with Crippen molar-refractivity contribution in [3.63, 3.8) is 0 Å². The molecule has 5 nitrogen and oxygen atoms in total. The van der Waals surface area contributed by atoms with Crippen LogP contribution in [0.4, 0.5) is 4.79 Å². The molecule has 0 fully saturated rings. The first-order chi connectivity index (χ1) is 10.7. The van der Waals surface area contributed by atoms with E-state index in [1.54, 1.807) is 0 Å². The Balaban J connectivity index is 2.05. The summed E-state index contributed by atoms with van der Waals surface area (Å²) in [6, 6.07) is 14.8. The highest BCUT2D eigenvalue weighted by Gasteiger charge is 2.03. The molecule has 114 valence electrons. The van der Waals surface area contributed by atoms with Crippen LogP contribution in [0.5, 0.6) is 11.5 Å². The lowest BCUT2D eigenvalue weighted by Crippen LogP contribution is -2.24. The summed E-state index contributed by atoms with van der Waals surface area (Å²) in [6.07, 6.45) is 3.57. The number of ether oxygens (including phenoxy) is 1. The van der Waals surface area contributed by atoms with Gasteiger partial charge in [-0.3, -0.25) is 0 Å². The van der Waals surface area contributed by atoms with Gasteiger partial charge < -0.3 is 10.5 Å². The van der Waals surface area contributed by atoms with Crippen LogP contribution in [-0.4, -0.2) is 12.2 Å². The summed E-state index contributed by atoms with van der Waals surface area (Å²) in [5.41, 5.74) is 9.10. The second kappa shape index (κ2) is 7.83. The number of primary amides is 1. The Morgan fingerprint density at radius 2 is 1.95 bits per heavy atom. The Hall–Kier alpha value is -2.82. The number of urea groups is 1. The number of rotatable bonds is 6. The van der Waals surface area contributed by atoms with Crippen molar-refractivity contribution in [2.45, 2.75) is 19.8 Å². The number of nitrogens with zero attached hydrogens (tertiary/aromatic N) is 1. The number of hydrogen-bond acceptors (Lipinski definition) is 3. The van der Waals surface area contributed by atoms with Crippen LogP contribution >= 0.6 is 0 Å². The fourth-order valence-corrected chi connectivity index (χ4v) is 2.00. The highest BCUT2D eigenvalue weighted by Crippen LogP contribution is 2.26. The molecule has 0 aliphatic rings. The lowest BCUT2D eigenvalue weighted by molar-refractivity contribution is 0.249. The van der Waals surface area contributed by atoms with Gasteiger partial charge in [0.2, 0.25) is 0 Å². The van der Waals surface area contributed by atoms with Crippen molar-refractivity contribution in [1.29, 1.82) is 0 Å². The van der Waals surface area contributed by atoms with Crippen LogP contribution in [0.25, 0.3) is 0 Å². The number of aryl methyl sites for hydroxylation is 1. The average molecular weight is 297 g/mol. The first-order valence-corrected chi connectivity index (χ1v) is 7.13. The van der Waals surface area contributed by atoms with Crippen LogP contribution in [0.1, 0.15) is 24.5 Å². The minimum absolute atomic E-state index is 0.691. The van der Waals surface area contributed by atoms with E-state index in [-0.39, 0.29) is 0 Å². The van der Waals surface area contributed by atoms with Crippen LogP contribution in [0.15, 0.2) is 53.6 Å². The highest BCUT2D eigenvalue weighted by atomic mass is 16.5. The van der Waals surface area contributed by atoms with Crippen molar-refractivity contribution in [3.05, 3.63) is 59.7 Å². The number of nitrogens with two attached hydrogens (primary N) is 1. The molecule has 0 aliphatic heterocycles. The Morgan fingerprint density at radius 1 is 1.23 bits per heavy atom. The predicted octanol–water partition coefficient (Wildman–Crippen LogP) is 3.43. The minimum Gasteiger partial charge on any atom is -0.457 e. The molecule has 0 unspecified atom stereocenters. The molecule has 0 aromatic heterocycles. The topological polar surface area (TPSA) is 76.7 Å². The lowest BCUT2D eigenvalue weighted by Gasteiger charge is -2.10. The normalized spacial score (nSPS) is 10.6. The molecule has 0 saturated carbocycles. The maximum atomic E-state index is 10.5. The number of hydrazone groups is 1. The second-order valence-electron chi connectivity index (χ2n) is 4.76. The van der Waals surface area contributed by atoms with Gasteiger partial charge in [0, 0.05) is 0 Å². The third kappa shape index (κ3) is 4.63. The van der Waals surface area contributed by atoms with Crippen molar-refractivity contribution >= 4 is 12.2 Å². The van der Waals surface area contributed by atoms with Gasteiger partial charge in [0.1, 0.15) is 11.5 Å². The number of carbonyl (C=O) groups excluding carboxylic acids is 1. The van der Waals surface area contributed by atoms with E-state index in [2.05, 4.69) is 23.5 Å². The molecular weight excluding hydrogens is 278 g/mol. The molecule has 0 atom stereocenters. The molecule has 2 rings (SSSR count). The second-order valence-corrected chi connectivity index (χ2v) is 4.76. The Labute approximate surface area is 129 Å². The number of hydrogen-bond donors (Lipinski definition) is 2. The van der Waals surface area contributed by atoms with E-state index in [0.717, 1.165) is 29.9 Å². The van der Waals surface area contributed by atoms with Gasteiger partial charge in [0.05, 0.1) is 6.21 Å². The Morgan fingerprint density at radius 3 is 2.64 bits per heavy atom. The fourth-order valence-electron chi connectivity index (χ4n) is 2.00. The molecule has 2 aromatic carbocycles. The fraction of sp³-hybridized carbons (Fsp3) is 0.176. The zero-order valence-electron chi connectivity index (χ0n) is 12.5.